The van der Waals surface area contributed by atoms with Gasteiger partial charge in [0.25, 0.3) is 0 Å². The van der Waals surface area contributed by atoms with Gasteiger partial charge in [0.2, 0.25) is 0 Å². The van der Waals surface area contributed by atoms with Crippen molar-refractivity contribution in [2.75, 3.05) is 0 Å². The lowest BCUT2D eigenvalue weighted by molar-refractivity contribution is 1.15. The lowest BCUT2D eigenvalue weighted by Gasteiger charge is -2.06. The second-order valence-corrected chi connectivity index (χ2v) is 4.94. The SMILES string of the molecule is CCc1ccc2cc(-c3ccc(C)nc3)ccc2c1. The van der Waals surface area contributed by atoms with E-state index in [2.05, 4.69) is 60.4 Å². The van der Waals surface area contributed by atoms with E-state index in [1.54, 1.807) is 0 Å². The number of benzene rings is 2. The van der Waals surface area contributed by atoms with Gasteiger partial charge >= 0.3 is 0 Å². The highest BCUT2D eigenvalue weighted by atomic mass is 14.7. The number of nitrogens with zero attached hydrogens (tertiary/aromatic N) is 1. The molecule has 0 N–H and O–H groups in total. The smallest absolute Gasteiger partial charge is 0.0373 e. The Morgan fingerprint density at radius 1 is 0.842 bits per heavy atom. The summed E-state index contributed by atoms with van der Waals surface area (Å²) in [5.41, 5.74) is 4.84. The lowest BCUT2D eigenvalue weighted by atomic mass is 10.0. The molecule has 19 heavy (non-hydrogen) atoms. The van der Waals surface area contributed by atoms with Crippen molar-refractivity contribution in [2.45, 2.75) is 20.3 Å². The number of hydrogen-bond donors (Lipinski definition) is 0. The topological polar surface area (TPSA) is 12.9 Å². The predicted molar refractivity (Wildman–Crippen MR) is 81.3 cm³/mol. The normalized spacial score (nSPS) is 10.8. The quantitative estimate of drug-likeness (QED) is 0.635. The van der Waals surface area contributed by atoms with Crippen molar-refractivity contribution in [3.63, 3.8) is 0 Å². The van der Waals surface area contributed by atoms with Crippen molar-refractivity contribution >= 4 is 10.8 Å². The number of aryl methyl sites for hydroxylation is 2. The molecule has 1 heterocycles. The van der Waals surface area contributed by atoms with Gasteiger partial charge in [-0.3, -0.25) is 4.98 Å². The molecule has 0 aliphatic carbocycles. The number of pyridine rings is 1. The van der Waals surface area contributed by atoms with Crippen LogP contribution in [-0.2, 0) is 6.42 Å². The van der Waals surface area contributed by atoms with Crippen molar-refractivity contribution in [1.29, 1.82) is 0 Å². The highest BCUT2D eigenvalue weighted by Gasteiger charge is 2.01. The van der Waals surface area contributed by atoms with Crippen LogP contribution in [0.1, 0.15) is 18.2 Å². The monoisotopic (exact) mass is 247 g/mol. The standard InChI is InChI=1S/C18H17N/c1-3-14-5-7-16-11-17(9-8-15(16)10-14)18-6-4-13(2)19-12-18/h4-12H,3H2,1-2H3. The molecule has 94 valence electrons. The minimum Gasteiger partial charge on any atom is -0.261 e. The molecule has 0 bridgehead atoms. The minimum absolute atomic E-state index is 1.05. The van der Waals surface area contributed by atoms with Crippen LogP contribution in [0, 0.1) is 6.92 Å². The lowest BCUT2D eigenvalue weighted by Crippen LogP contribution is -1.84. The van der Waals surface area contributed by atoms with E-state index in [1.807, 2.05) is 13.1 Å². The van der Waals surface area contributed by atoms with Gasteiger partial charge in [-0.2, -0.15) is 0 Å². The Morgan fingerprint density at radius 3 is 2.32 bits per heavy atom. The summed E-state index contributed by atoms with van der Waals surface area (Å²) in [6.45, 7) is 4.20. The molecular formula is C18H17N. The third kappa shape index (κ3) is 2.37. The Labute approximate surface area is 113 Å². The van der Waals surface area contributed by atoms with Crippen LogP contribution in [0.15, 0.2) is 54.7 Å². The molecule has 3 rings (SSSR count). The summed E-state index contributed by atoms with van der Waals surface area (Å²) >= 11 is 0. The molecule has 0 radical (unpaired) electrons. The van der Waals surface area contributed by atoms with Gasteiger partial charge in [-0.25, -0.2) is 0 Å². The average molecular weight is 247 g/mol. The summed E-state index contributed by atoms with van der Waals surface area (Å²) in [4.78, 5) is 4.36. The number of hydrogen-bond acceptors (Lipinski definition) is 1. The highest BCUT2D eigenvalue weighted by Crippen LogP contribution is 2.25. The van der Waals surface area contributed by atoms with Crippen LogP contribution in [-0.4, -0.2) is 4.98 Å². The van der Waals surface area contributed by atoms with E-state index in [1.165, 1.54) is 27.5 Å². The van der Waals surface area contributed by atoms with Crippen LogP contribution < -0.4 is 0 Å². The van der Waals surface area contributed by atoms with Gasteiger partial charge in [0, 0.05) is 17.5 Å². The first-order valence-corrected chi connectivity index (χ1v) is 6.72. The van der Waals surface area contributed by atoms with Crippen LogP contribution in [0.5, 0.6) is 0 Å². The fraction of sp³-hybridized carbons (Fsp3) is 0.167. The van der Waals surface area contributed by atoms with E-state index in [4.69, 9.17) is 0 Å². The van der Waals surface area contributed by atoms with Crippen molar-refractivity contribution in [2.24, 2.45) is 0 Å². The summed E-state index contributed by atoms with van der Waals surface area (Å²) in [5, 5.41) is 2.60. The van der Waals surface area contributed by atoms with Crippen LogP contribution in [0.3, 0.4) is 0 Å². The molecule has 0 spiro atoms. The maximum atomic E-state index is 4.36. The van der Waals surface area contributed by atoms with Crippen LogP contribution in [0.25, 0.3) is 21.9 Å². The van der Waals surface area contributed by atoms with Crippen LogP contribution in [0.4, 0.5) is 0 Å². The molecule has 0 atom stereocenters. The first-order valence-electron chi connectivity index (χ1n) is 6.72. The second-order valence-electron chi connectivity index (χ2n) is 4.94. The number of fused-ring (bicyclic) bond motifs is 1. The zero-order chi connectivity index (χ0) is 13.2. The molecule has 0 amide bonds. The molecule has 0 fully saturated rings. The summed E-state index contributed by atoms with van der Waals surface area (Å²) in [6, 6.07) is 17.5. The van der Waals surface area contributed by atoms with Crippen molar-refractivity contribution in [3.05, 3.63) is 66.0 Å². The number of rotatable bonds is 2. The molecule has 0 aliphatic rings. The predicted octanol–water partition coefficient (Wildman–Crippen LogP) is 4.77. The second kappa shape index (κ2) is 4.85. The van der Waals surface area contributed by atoms with Gasteiger partial charge < -0.3 is 0 Å². The number of aromatic nitrogens is 1. The van der Waals surface area contributed by atoms with Gasteiger partial charge in [-0.05, 0) is 47.4 Å². The molecular weight excluding hydrogens is 230 g/mol. The van der Waals surface area contributed by atoms with E-state index in [-0.39, 0.29) is 0 Å². The molecule has 0 saturated heterocycles. The van der Waals surface area contributed by atoms with E-state index in [0.29, 0.717) is 0 Å². The third-order valence-corrected chi connectivity index (χ3v) is 3.56. The zero-order valence-corrected chi connectivity index (χ0v) is 11.4. The fourth-order valence-electron chi connectivity index (χ4n) is 2.33. The molecule has 0 unspecified atom stereocenters. The van der Waals surface area contributed by atoms with E-state index in [0.717, 1.165) is 12.1 Å². The molecule has 3 aromatic rings. The first kappa shape index (κ1) is 11.9. The van der Waals surface area contributed by atoms with Gasteiger partial charge in [-0.1, -0.05) is 43.3 Å². The third-order valence-electron chi connectivity index (χ3n) is 3.56. The Morgan fingerprint density at radius 2 is 1.58 bits per heavy atom. The Bertz CT molecular complexity index is 711. The van der Waals surface area contributed by atoms with E-state index in [9.17, 15) is 0 Å². The molecule has 0 aliphatic heterocycles. The molecule has 2 aromatic carbocycles. The Hall–Kier alpha value is -2.15. The van der Waals surface area contributed by atoms with Gasteiger partial charge in [0.1, 0.15) is 0 Å². The molecule has 1 heteroatoms. The average Bonchev–Trinajstić information content (AvgIpc) is 2.47. The molecule has 1 aromatic heterocycles. The first-order chi connectivity index (χ1) is 9.26. The zero-order valence-electron chi connectivity index (χ0n) is 11.4. The Balaban J connectivity index is 2.08. The van der Waals surface area contributed by atoms with Crippen LogP contribution in [0.2, 0.25) is 0 Å². The van der Waals surface area contributed by atoms with Crippen molar-refractivity contribution in [3.8, 4) is 11.1 Å². The fourth-order valence-corrected chi connectivity index (χ4v) is 2.33. The highest BCUT2D eigenvalue weighted by molar-refractivity contribution is 5.87. The van der Waals surface area contributed by atoms with Crippen molar-refractivity contribution in [1.82, 2.24) is 4.98 Å². The largest absolute Gasteiger partial charge is 0.261 e. The summed E-state index contributed by atoms with van der Waals surface area (Å²) < 4.78 is 0. The summed E-state index contributed by atoms with van der Waals surface area (Å²) in [7, 11) is 0. The van der Waals surface area contributed by atoms with E-state index < -0.39 is 0 Å². The Kier molecular flexibility index (Phi) is 3.04. The van der Waals surface area contributed by atoms with Crippen LogP contribution >= 0.6 is 0 Å². The van der Waals surface area contributed by atoms with Gasteiger partial charge in [0.15, 0.2) is 0 Å². The van der Waals surface area contributed by atoms with Gasteiger partial charge in [0.05, 0.1) is 0 Å². The van der Waals surface area contributed by atoms with E-state index >= 15 is 0 Å². The summed E-state index contributed by atoms with van der Waals surface area (Å²) in [6.07, 6.45) is 3.02. The maximum Gasteiger partial charge on any atom is 0.0373 e. The van der Waals surface area contributed by atoms with Crippen molar-refractivity contribution < 1.29 is 0 Å². The maximum absolute atomic E-state index is 4.36. The summed E-state index contributed by atoms with van der Waals surface area (Å²) in [5.74, 6) is 0. The van der Waals surface area contributed by atoms with Gasteiger partial charge in [-0.15, -0.1) is 0 Å². The minimum atomic E-state index is 1.05. The molecule has 0 saturated carbocycles. The molecule has 1 nitrogen and oxygen atoms in total.